The van der Waals surface area contributed by atoms with E-state index in [4.69, 9.17) is 16.3 Å². The second-order valence-corrected chi connectivity index (χ2v) is 4.68. The van der Waals surface area contributed by atoms with Crippen molar-refractivity contribution in [3.05, 3.63) is 21.3 Å². The lowest BCUT2D eigenvalue weighted by molar-refractivity contribution is 0.0647. The molecule has 0 bridgehead atoms. The van der Waals surface area contributed by atoms with Gasteiger partial charge in [-0.15, -0.1) is 11.3 Å². The van der Waals surface area contributed by atoms with Gasteiger partial charge in [0.05, 0.1) is 9.21 Å². The largest absolute Gasteiger partial charge is 0.370 e. The zero-order valence-corrected chi connectivity index (χ0v) is 8.53. The van der Waals surface area contributed by atoms with E-state index in [0.717, 1.165) is 12.8 Å². The predicted molar refractivity (Wildman–Crippen MR) is 52.6 cm³/mol. The molecule has 70 valence electrons. The van der Waals surface area contributed by atoms with E-state index in [1.807, 2.05) is 0 Å². The molecule has 0 N–H and O–H groups in total. The highest BCUT2D eigenvalue weighted by Crippen LogP contribution is 2.25. The summed E-state index contributed by atoms with van der Waals surface area (Å²) in [6.07, 6.45) is 1.60. The van der Waals surface area contributed by atoms with Crippen molar-refractivity contribution < 1.29 is 9.53 Å². The summed E-state index contributed by atoms with van der Waals surface area (Å²) in [4.78, 5) is 12.4. The van der Waals surface area contributed by atoms with E-state index in [2.05, 4.69) is 0 Å². The van der Waals surface area contributed by atoms with Gasteiger partial charge in [-0.1, -0.05) is 11.6 Å². The summed E-state index contributed by atoms with van der Waals surface area (Å²) in [5.41, 5.74) is 0. The topological polar surface area (TPSA) is 26.3 Å². The normalized spacial score (nSPS) is 22.1. The van der Waals surface area contributed by atoms with Crippen molar-refractivity contribution in [1.82, 2.24) is 0 Å². The Kier molecular flexibility index (Phi) is 2.67. The van der Waals surface area contributed by atoms with E-state index >= 15 is 0 Å². The molecule has 1 aromatic heterocycles. The summed E-state index contributed by atoms with van der Waals surface area (Å²) in [6.45, 7) is 0.704. The molecule has 0 spiro atoms. The Labute approximate surface area is 85.5 Å². The van der Waals surface area contributed by atoms with Crippen LogP contribution in [0.2, 0.25) is 4.34 Å². The first-order valence-electron chi connectivity index (χ1n) is 4.18. The van der Waals surface area contributed by atoms with Crippen LogP contribution in [0.1, 0.15) is 22.5 Å². The maximum atomic E-state index is 11.7. The molecule has 1 unspecified atom stereocenters. The smallest absolute Gasteiger partial charge is 0.201 e. The van der Waals surface area contributed by atoms with Crippen LogP contribution in [0.5, 0.6) is 0 Å². The van der Waals surface area contributed by atoms with Crippen molar-refractivity contribution in [2.75, 3.05) is 6.61 Å². The molecule has 0 aliphatic carbocycles. The number of carbonyl (C=O) groups is 1. The molecular weight excluding hydrogens is 208 g/mol. The van der Waals surface area contributed by atoms with Crippen molar-refractivity contribution in [1.29, 1.82) is 0 Å². The summed E-state index contributed by atoms with van der Waals surface area (Å²) in [5, 5.41) is 0. The minimum Gasteiger partial charge on any atom is -0.370 e. The monoisotopic (exact) mass is 216 g/mol. The number of Topliss-reactive ketones (excluding diaryl/α,β-unsaturated/α-hetero) is 1. The van der Waals surface area contributed by atoms with Crippen LogP contribution in [0, 0.1) is 0 Å². The second kappa shape index (κ2) is 3.78. The van der Waals surface area contributed by atoms with Crippen LogP contribution in [-0.2, 0) is 4.74 Å². The Balaban J connectivity index is 2.12. The van der Waals surface area contributed by atoms with Gasteiger partial charge in [0.1, 0.15) is 6.10 Å². The average Bonchev–Trinajstić information content (AvgIpc) is 2.72. The van der Waals surface area contributed by atoms with Gasteiger partial charge in [-0.05, 0) is 25.0 Å². The zero-order valence-electron chi connectivity index (χ0n) is 6.96. The predicted octanol–water partition coefficient (Wildman–Crippen LogP) is 2.76. The van der Waals surface area contributed by atoms with Gasteiger partial charge >= 0.3 is 0 Å². The fourth-order valence-corrected chi connectivity index (χ4v) is 2.42. The average molecular weight is 217 g/mol. The molecule has 1 aliphatic rings. The Hall–Kier alpha value is -0.380. The molecular formula is C9H9ClO2S. The van der Waals surface area contributed by atoms with Crippen LogP contribution in [0.4, 0.5) is 0 Å². The molecule has 13 heavy (non-hydrogen) atoms. The van der Waals surface area contributed by atoms with Gasteiger partial charge in [-0.25, -0.2) is 0 Å². The highest BCUT2D eigenvalue weighted by Gasteiger charge is 2.25. The molecule has 1 aromatic rings. The first-order chi connectivity index (χ1) is 6.27. The van der Waals surface area contributed by atoms with Crippen LogP contribution in [0.3, 0.4) is 0 Å². The minimum absolute atomic E-state index is 0.0781. The number of halogens is 1. The van der Waals surface area contributed by atoms with E-state index in [1.165, 1.54) is 11.3 Å². The third-order valence-electron chi connectivity index (χ3n) is 2.04. The molecule has 1 fully saturated rings. The summed E-state index contributed by atoms with van der Waals surface area (Å²) in [6, 6.07) is 3.51. The lowest BCUT2D eigenvalue weighted by atomic mass is 10.1. The van der Waals surface area contributed by atoms with Crippen LogP contribution < -0.4 is 0 Å². The lowest BCUT2D eigenvalue weighted by Crippen LogP contribution is -2.18. The van der Waals surface area contributed by atoms with E-state index in [1.54, 1.807) is 12.1 Å². The van der Waals surface area contributed by atoms with Crippen LogP contribution in [0.25, 0.3) is 0 Å². The quantitative estimate of drug-likeness (QED) is 0.711. The molecule has 1 atom stereocenters. The third kappa shape index (κ3) is 1.93. The van der Waals surface area contributed by atoms with Gasteiger partial charge in [-0.2, -0.15) is 0 Å². The third-order valence-corrected chi connectivity index (χ3v) is 3.28. The van der Waals surface area contributed by atoms with Crippen LogP contribution in [0.15, 0.2) is 12.1 Å². The number of rotatable bonds is 2. The van der Waals surface area contributed by atoms with Gasteiger partial charge in [0.2, 0.25) is 5.78 Å². The first-order valence-corrected chi connectivity index (χ1v) is 5.38. The highest BCUT2D eigenvalue weighted by molar-refractivity contribution is 7.18. The minimum atomic E-state index is -0.227. The number of hydrogen-bond donors (Lipinski definition) is 0. The van der Waals surface area contributed by atoms with Gasteiger partial charge in [0, 0.05) is 6.61 Å². The standard InChI is InChI=1S/C9H9ClO2S/c10-8-4-3-7(13-8)9(11)6-2-1-5-12-6/h3-4,6H,1-2,5H2. The summed E-state index contributed by atoms with van der Waals surface area (Å²) in [7, 11) is 0. The molecule has 0 aromatic carbocycles. The fraction of sp³-hybridized carbons (Fsp3) is 0.444. The Morgan fingerprint density at radius 1 is 1.62 bits per heavy atom. The van der Waals surface area contributed by atoms with Crippen molar-refractivity contribution in [3.63, 3.8) is 0 Å². The number of hydrogen-bond acceptors (Lipinski definition) is 3. The van der Waals surface area contributed by atoms with Gasteiger partial charge in [-0.3, -0.25) is 4.79 Å². The van der Waals surface area contributed by atoms with E-state index in [9.17, 15) is 4.79 Å². The van der Waals surface area contributed by atoms with Crippen LogP contribution >= 0.6 is 22.9 Å². The fourth-order valence-electron chi connectivity index (χ4n) is 1.39. The summed E-state index contributed by atoms with van der Waals surface area (Å²) in [5.74, 6) is 0.0781. The lowest BCUT2D eigenvalue weighted by Gasteiger charge is -2.04. The number of ether oxygens (including phenoxy) is 1. The maximum Gasteiger partial charge on any atom is 0.201 e. The maximum absolute atomic E-state index is 11.7. The number of ketones is 1. The van der Waals surface area contributed by atoms with Gasteiger partial charge in [0.15, 0.2) is 0 Å². The molecule has 2 rings (SSSR count). The molecule has 1 saturated heterocycles. The van der Waals surface area contributed by atoms with E-state index < -0.39 is 0 Å². The Morgan fingerprint density at radius 2 is 2.46 bits per heavy atom. The molecule has 2 nitrogen and oxygen atoms in total. The summed E-state index contributed by atoms with van der Waals surface area (Å²) < 4.78 is 5.95. The Bertz CT molecular complexity index is 315. The van der Waals surface area contributed by atoms with Gasteiger partial charge in [0.25, 0.3) is 0 Å². The molecule has 0 saturated carbocycles. The molecule has 1 aliphatic heterocycles. The van der Waals surface area contributed by atoms with E-state index in [-0.39, 0.29) is 11.9 Å². The SMILES string of the molecule is O=C(c1ccc(Cl)s1)C1CCCO1. The van der Waals surface area contributed by atoms with E-state index in [0.29, 0.717) is 15.8 Å². The van der Waals surface area contributed by atoms with Gasteiger partial charge < -0.3 is 4.74 Å². The van der Waals surface area contributed by atoms with Crippen molar-refractivity contribution in [2.45, 2.75) is 18.9 Å². The summed E-state index contributed by atoms with van der Waals surface area (Å²) >= 11 is 7.06. The number of thiophene rings is 1. The molecule has 4 heteroatoms. The first kappa shape index (κ1) is 9.19. The number of carbonyl (C=O) groups excluding carboxylic acids is 1. The van der Waals surface area contributed by atoms with Crippen molar-refractivity contribution in [3.8, 4) is 0 Å². The zero-order chi connectivity index (χ0) is 9.26. The van der Waals surface area contributed by atoms with Crippen molar-refractivity contribution >= 4 is 28.7 Å². The van der Waals surface area contributed by atoms with Crippen LogP contribution in [-0.4, -0.2) is 18.5 Å². The highest BCUT2D eigenvalue weighted by atomic mass is 35.5. The molecule has 0 amide bonds. The molecule has 0 radical (unpaired) electrons. The Morgan fingerprint density at radius 3 is 3.00 bits per heavy atom. The van der Waals surface area contributed by atoms with Crippen molar-refractivity contribution in [2.24, 2.45) is 0 Å². The second-order valence-electron chi connectivity index (χ2n) is 2.97. The molecule has 2 heterocycles.